The molecule has 1 aliphatic heterocycles. The van der Waals surface area contributed by atoms with Crippen molar-refractivity contribution in [1.82, 2.24) is 15.1 Å². The van der Waals surface area contributed by atoms with Crippen molar-refractivity contribution in [3.63, 3.8) is 0 Å². The molecule has 1 aliphatic rings. The maximum absolute atomic E-state index is 12.2. The Morgan fingerprint density at radius 2 is 2.29 bits per heavy atom. The van der Waals surface area contributed by atoms with Crippen LogP contribution in [0.1, 0.15) is 21.6 Å². The van der Waals surface area contributed by atoms with Gasteiger partial charge in [0.05, 0.1) is 17.8 Å². The molecule has 0 saturated carbocycles. The van der Waals surface area contributed by atoms with Crippen molar-refractivity contribution in [3.8, 4) is 5.75 Å². The van der Waals surface area contributed by atoms with E-state index in [0.717, 1.165) is 12.2 Å². The first-order valence-electron chi connectivity index (χ1n) is 6.78. The molecule has 5 nitrogen and oxygen atoms in total. The molecule has 0 fully saturated rings. The summed E-state index contributed by atoms with van der Waals surface area (Å²) in [7, 11) is 1.71. The van der Waals surface area contributed by atoms with Crippen molar-refractivity contribution >= 4 is 17.5 Å². The Hall–Kier alpha value is -2.01. The summed E-state index contributed by atoms with van der Waals surface area (Å²) in [4.78, 5) is 12.2. The molecule has 0 saturated heterocycles. The SMILES string of the molecule is Cc1nn(C)c(Cl)c1C(=O)NCC1Cc2ccccc2O1. The van der Waals surface area contributed by atoms with Crippen LogP contribution in [0.15, 0.2) is 24.3 Å². The van der Waals surface area contributed by atoms with Crippen LogP contribution >= 0.6 is 11.6 Å². The van der Waals surface area contributed by atoms with E-state index >= 15 is 0 Å². The third-order valence-corrected chi connectivity index (χ3v) is 4.02. The number of aryl methyl sites for hydroxylation is 2. The average molecular weight is 306 g/mol. The number of halogens is 1. The zero-order valence-electron chi connectivity index (χ0n) is 11.9. The number of ether oxygens (including phenoxy) is 1. The normalized spacial score (nSPS) is 16.4. The Morgan fingerprint density at radius 3 is 2.95 bits per heavy atom. The quantitative estimate of drug-likeness (QED) is 0.945. The lowest BCUT2D eigenvalue weighted by molar-refractivity contribution is 0.0933. The molecular formula is C15H16ClN3O2. The lowest BCUT2D eigenvalue weighted by atomic mass is 10.1. The fourth-order valence-corrected chi connectivity index (χ4v) is 2.81. The molecule has 1 aromatic heterocycles. The molecule has 1 N–H and O–H groups in total. The zero-order valence-corrected chi connectivity index (χ0v) is 12.6. The smallest absolute Gasteiger partial charge is 0.256 e. The predicted octanol–water partition coefficient (Wildman–Crippen LogP) is 2.12. The van der Waals surface area contributed by atoms with E-state index in [1.807, 2.05) is 24.3 Å². The molecule has 1 unspecified atom stereocenters. The van der Waals surface area contributed by atoms with E-state index in [1.165, 1.54) is 10.2 Å². The van der Waals surface area contributed by atoms with Crippen molar-refractivity contribution in [1.29, 1.82) is 0 Å². The third-order valence-electron chi connectivity index (χ3n) is 3.58. The fraction of sp³-hybridized carbons (Fsp3) is 0.333. The van der Waals surface area contributed by atoms with Gasteiger partial charge in [-0.1, -0.05) is 29.8 Å². The van der Waals surface area contributed by atoms with E-state index in [4.69, 9.17) is 16.3 Å². The maximum Gasteiger partial charge on any atom is 0.256 e. The second-order valence-corrected chi connectivity index (χ2v) is 5.49. The zero-order chi connectivity index (χ0) is 15.0. The van der Waals surface area contributed by atoms with Gasteiger partial charge in [0.2, 0.25) is 0 Å². The number of nitrogens with one attached hydrogen (secondary N) is 1. The van der Waals surface area contributed by atoms with E-state index in [-0.39, 0.29) is 12.0 Å². The van der Waals surface area contributed by atoms with Gasteiger partial charge in [0.25, 0.3) is 5.91 Å². The summed E-state index contributed by atoms with van der Waals surface area (Å²) in [5.74, 6) is 0.678. The Labute approximate surface area is 127 Å². The summed E-state index contributed by atoms with van der Waals surface area (Å²) in [6, 6.07) is 7.92. The number of rotatable bonds is 3. The number of carbonyl (C=O) groups excluding carboxylic acids is 1. The molecule has 0 bridgehead atoms. The summed E-state index contributed by atoms with van der Waals surface area (Å²) in [6.45, 7) is 2.21. The van der Waals surface area contributed by atoms with E-state index < -0.39 is 0 Å². The fourth-order valence-electron chi connectivity index (χ4n) is 2.55. The molecule has 0 spiro atoms. The van der Waals surface area contributed by atoms with Crippen molar-refractivity contribution in [3.05, 3.63) is 46.2 Å². The highest BCUT2D eigenvalue weighted by atomic mass is 35.5. The molecule has 6 heteroatoms. The number of nitrogens with zero attached hydrogens (tertiary/aromatic N) is 2. The molecular weight excluding hydrogens is 290 g/mol. The van der Waals surface area contributed by atoms with Crippen LogP contribution in [0.3, 0.4) is 0 Å². The summed E-state index contributed by atoms with van der Waals surface area (Å²) in [5, 5.41) is 7.35. The van der Waals surface area contributed by atoms with Crippen molar-refractivity contribution in [2.24, 2.45) is 7.05 Å². The van der Waals surface area contributed by atoms with Gasteiger partial charge in [-0.05, 0) is 18.6 Å². The number of benzene rings is 1. The van der Waals surface area contributed by atoms with Gasteiger partial charge < -0.3 is 10.1 Å². The Bertz CT molecular complexity index is 671. The van der Waals surface area contributed by atoms with Gasteiger partial charge in [-0.2, -0.15) is 5.10 Å². The minimum absolute atomic E-state index is 0.0397. The third kappa shape index (κ3) is 2.61. The van der Waals surface area contributed by atoms with Gasteiger partial charge in [0.1, 0.15) is 17.0 Å². The lowest BCUT2D eigenvalue weighted by Crippen LogP contribution is -2.34. The molecule has 3 rings (SSSR count). The number of amides is 1. The molecule has 2 heterocycles. The Balaban J connectivity index is 1.63. The lowest BCUT2D eigenvalue weighted by Gasteiger charge is -2.11. The van der Waals surface area contributed by atoms with Gasteiger partial charge in [-0.15, -0.1) is 0 Å². The number of aromatic nitrogens is 2. The molecule has 21 heavy (non-hydrogen) atoms. The van der Waals surface area contributed by atoms with Crippen molar-refractivity contribution in [2.45, 2.75) is 19.4 Å². The van der Waals surface area contributed by atoms with Gasteiger partial charge >= 0.3 is 0 Å². The van der Waals surface area contributed by atoms with Crippen LogP contribution in [0.25, 0.3) is 0 Å². The number of hydrogen-bond acceptors (Lipinski definition) is 3. The van der Waals surface area contributed by atoms with E-state index in [9.17, 15) is 4.79 Å². The van der Waals surface area contributed by atoms with Gasteiger partial charge in [0, 0.05) is 13.5 Å². The maximum atomic E-state index is 12.2. The first-order chi connectivity index (χ1) is 10.1. The van der Waals surface area contributed by atoms with Crippen LogP contribution in [0.4, 0.5) is 0 Å². The van der Waals surface area contributed by atoms with E-state index in [0.29, 0.717) is 23.0 Å². The molecule has 0 radical (unpaired) electrons. The Kier molecular flexibility index (Phi) is 3.59. The second-order valence-electron chi connectivity index (χ2n) is 5.14. The van der Waals surface area contributed by atoms with Crippen molar-refractivity contribution in [2.75, 3.05) is 6.54 Å². The van der Waals surface area contributed by atoms with Gasteiger partial charge in [0.15, 0.2) is 0 Å². The first kappa shape index (κ1) is 13.9. The van der Waals surface area contributed by atoms with Crippen LogP contribution < -0.4 is 10.1 Å². The summed E-state index contributed by atoms with van der Waals surface area (Å²) >= 11 is 6.09. The van der Waals surface area contributed by atoms with Crippen LogP contribution in [0.5, 0.6) is 5.75 Å². The predicted molar refractivity (Wildman–Crippen MR) is 79.9 cm³/mol. The van der Waals surface area contributed by atoms with E-state index in [2.05, 4.69) is 10.4 Å². The molecule has 0 aliphatic carbocycles. The number of hydrogen-bond donors (Lipinski definition) is 1. The number of carbonyl (C=O) groups is 1. The standard InChI is InChI=1S/C15H16ClN3O2/c1-9-13(14(16)19(2)18-9)15(20)17-8-11-7-10-5-3-4-6-12(10)21-11/h3-6,11H,7-8H2,1-2H3,(H,17,20). The van der Waals surface area contributed by atoms with Crippen LogP contribution in [-0.2, 0) is 13.5 Å². The van der Waals surface area contributed by atoms with Gasteiger partial charge in [-0.3, -0.25) is 9.48 Å². The molecule has 2 aromatic rings. The highest BCUT2D eigenvalue weighted by Gasteiger charge is 2.24. The summed E-state index contributed by atoms with van der Waals surface area (Å²) in [6.07, 6.45) is 0.762. The Morgan fingerprint density at radius 1 is 1.52 bits per heavy atom. The van der Waals surface area contributed by atoms with Crippen LogP contribution in [-0.4, -0.2) is 28.3 Å². The van der Waals surface area contributed by atoms with Gasteiger partial charge in [-0.25, -0.2) is 0 Å². The summed E-state index contributed by atoms with van der Waals surface area (Å²) < 4.78 is 7.28. The summed E-state index contributed by atoms with van der Waals surface area (Å²) in [5.41, 5.74) is 2.22. The molecule has 110 valence electrons. The van der Waals surface area contributed by atoms with Crippen molar-refractivity contribution < 1.29 is 9.53 Å². The largest absolute Gasteiger partial charge is 0.488 e. The number of para-hydroxylation sites is 1. The minimum Gasteiger partial charge on any atom is -0.488 e. The monoisotopic (exact) mass is 305 g/mol. The highest BCUT2D eigenvalue weighted by Crippen LogP contribution is 2.27. The van der Waals surface area contributed by atoms with Crippen LogP contribution in [0.2, 0.25) is 5.15 Å². The average Bonchev–Trinajstić information content (AvgIpc) is 2.97. The number of fused-ring (bicyclic) bond motifs is 1. The molecule has 1 amide bonds. The highest BCUT2D eigenvalue weighted by molar-refractivity contribution is 6.33. The molecule has 1 atom stereocenters. The minimum atomic E-state index is -0.217. The first-order valence-corrected chi connectivity index (χ1v) is 7.16. The second kappa shape index (κ2) is 5.41. The topological polar surface area (TPSA) is 56.2 Å². The van der Waals surface area contributed by atoms with E-state index in [1.54, 1.807) is 14.0 Å². The van der Waals surface area contributed by atoms with Crippen LogP contribution in [0, 0.1) is 6.92 Å². The molecule has 1 aromatic carbocycles.